The molecule has 2 aromatic carbocycles. The van der Waals surface area contributed by atoms with E-state index in [1.54, 1.807) is 0 Å². The van der Waals surface area contributed by atoms with Crippen LogP contribution in [-0.4, -0.2) is 28.1 Å². The molecule has 3 nitrogen and oxygen atoms in total. The smallest absolute Gasteiger partial charge is 0.102 e. The van der Waals surface area contributed by atoms with Crippen molar-refractivity contribution in [3.05, 3.63) is 83.9 Å². The Bertz CT molecular complexity index is 909. The van der Waals surface area contributed by atoms with E-state index in [1.165, 1.54) is 55.2 Å². The number of benzene rings is 2. The number of nitrogens with zero attached hydrogens (tertiary/aromatic N) is 2. The monoisotopic (exact) mass is 504 g/mol. The molecular weight excluding hydrogens is 452 g/mol. The molecule has 0 aromatic heterocycles. The van der Waals surface area contributed by atoms with Crippen LogP contribution in [0, 0.1) is 5.92 Å². The van der Waals surface area contributed by atoms with Crippen LogP contribution in [0.2, 0.25) is 0 Å². The number of hydrogen-bond donors (Lipinski definition) is 0. The average Bonchev–Trinajstić information content (AvgIpc) is 2.88. The molecule has 3 rings (SSSR count). The van der Waals surface area contributed by atoms with E-state index in [-0.39, 0.29) is 17.7 Å². The first-order chi connectivity index (χ1) is 17.7. The van der Waals surface area contributed by atoms with Gasteiger partial charge in [0.2, 0.25) is 0 Å². The second kappa shape index (κ2) is 14.3. The summed E-state index contributed by atoms with van der Waals surface area (Å²) < 4.78 is 0. The van der Waals surface area contributed by atoms with Crippen LogP contribution in [0.25, 0.3) is 0 Å². The SMILES string of the molecule is C=CCCCN(Cc1ccc(C(C)ON(C(c2ccccc2)C(C)C)C(C)(C)C)cc1)C1CCCCC1. The zero-order valence-electron chi connectivity index (χ0n) is 24.5. The highest BCUT2D eigenvalue weighted by molar-refractivity contribution is 5.24. The normalized spacial score (nSPS) is 16.9. The second-order valence-electron chi connectivity index (χ2n) is 12.3. The van der Waals surface area contributed by atoms with E-state index in [2.05, 4.69) is 119 Å². The third-order valence-corrected chi connectivity index (χ3v) is 7.74. The fourth-order valence-electron chi connectivity index (χ4n) is 5.72. The lowest BCUT2D eigenvalue weighted by Crippen LogP contribution is -2.46. The van der Waals surface area contributed by atoms with E-state index in [0.29, 0.717) is 5.92 Å². The summed E-state index contributed by atoms with van der Waals surface area (Å²) in [4.78, 5) is 9.50. The molecule has 0 radical (unpaired) electrons. The zero-order chi connectivity index (χ0) is 26.8. The summed E-state index contributed by atoms with van der Waals surface area (Å²) in [5.41, 5.74) is 3.79. The van der Waals surface area contributed by atoms with E-state index >= 15 is 0 Å². The van der Waals surface area contributed by atoms with Gasteiger partial charge in [0.15, 0.2) is 0 Å². The maximum Gasteiger partial charge on any atom is 0.102 e. The van der Waals surface area contributed by atoms with Gasteiger partial charge in [-0.2, -0.15) is 5.06 Å². The van der Waals surface area contributed by atoms with Crippen molar-refractivity contribution in [2.45, 2.75) is 117 Å². The van der Waals surface area contributed by atoms with Crippen molar-refractivity contribution in [3.8, 4) is 0 Å². The molecule has 0 bridgehead atoms. The number of unbranched alkanes of at least 4 members (excludes halogenated alkanes) is 1. The molecule has 1 aliphatic carbocycles. The van der Waals surface area contributed by atoms with Crippen LogP contribution in [0.15, 0.2) is 67.3 Å². The lowest BCUT2D eigenvalue weighted by atomic mass is 9.92. The summed E-state index contributed by atoms with van der Waals surface area (Å²) in [7, 11) is 0. The predicted octanol–water partition coefficient (Wildman–Crippen LogP) is 9.28. The number of hydrogen-bond acceptors (Lipinski definition) is 3. The van der Waals surface area contributed by atoms with Gasteiger partial charge in [0, 0.05) is 18.1 Å². The summed E-state index contributed by atoms with van der Waals surface area (Å²) in [6, 6.07) is 20.9. The topological polar surface area (TPSA) is 15.7 Å². The van der Waals surface area contributed by atoms with Gasteiger partial charge in [0.1, 0.15) is 6.10 Å². The number of allylic oxidation sites excluding steroid dienone is 1. The van der Waals surface area contributed by atoms with E-state index in [9.17, 15) is 0 Å². The van der Waals surface area contributed by atoms with Crippen LogP contribution in [-0.2, 0) is 11.4 Å². The van der Waals surface area contributed by atoms with Gasteiger partial charge in [-0.1, -0.05) is 93.8 Å². The summed E-state index contributed by atoms with van der Waals surface area (Å²) in [6.07, 6.45) is 11.2. The minimum atomic E-state index is -0.134. The molecule has 1 saturated carbocycles. The van der Waals surface area contributed by atoms with Crippen LogP contribution >= 0.6 is 0 Å². The first-order valence-electron chi connectivity index (χ1n) is 14.7. The molecule has 0 saturated heterocycles. The Labute approximate surface area is 227 Å². The van der Waals surface area contributed by atoms with Gasteiger partial charge in [-0.3, -0.25) is 9.74 Å². The third kappa shape index (κ3) is 8.80. The van der Waals surface area contributed by atoms with Gasteiger partial charge in [-0.15, -0.1) is 6.58 Å². The fourth-order valence-corrected chi connectivity index (χ4v) is 5.72. The van der Waals surface area contributed by atoms with Crippen molar-refractivity contribution < 1.29 is 4.84 Å². The van der Waals surface area contributed by atoms with Crippen molar-refractivity contribution in [2.75, 3.05) is 6.54 Å². The first-order valence-corrected chi connectivity index (χ1v) is 14.7. The molecule has 2 unspecified atom stereocenters. The molecule has 2 atom stereocenters. The van der Waals surface area contributed by atoms with Crippen LogP contribution in [0.5, 0.6) is 0 Å². The zero-order valence-corrected chi connectivity index (χ0v) is 24.5. The number of hydroxylamine groups is 2. The van der Waals surface area contributed by atoms with Crippen LogP contribution in [0.4, 0.5) is 0 Å². The number of rotatable bonds is 13. The standard InChI is InChI=1S/C34H52N2O/c1-8-9-16-25-35(32-19-14-11-15-20-32)26-29-21-23-30(24-22-29)28(4)37-36(34(5,6)7)33(27(2)3)31-17-12-10-13-18-31/h8,10,12-13,17-18,21-24,27-28,32-33H,1,9,11,14-16,19-20,25-26H2,2-7H3. The quantitative estimate of drug-likeness (QED) is 0.153. The molecule has 37 heavy (non-hydrogen) atoms. The molecule has 3 heteroatoms. The Balaban J connectivity index is 1.72. The highest BCUT2D eigenvalue weighted by Crippen LogP contribution is 2.37. The van der Waals surface area contributed by atoms with E-state index in [0.717, 1.165) is 25.6 Å². The van der Waals surface area contributed by atoms with Crippen molar-refractivity contribution in [2.24, 2.45) is 5.92 Å². The maximum absolute atomic E-state index is 6.77. The second-order valence-corrected chi connectivity index (χ2v) is 12.3. The van der Waals surface area contributed by atoms with Crippen LogP contribution in [0.1, 0.15) is 115 Å². The minimum Gasteiger partial charge on any atom is -0.296 e. The molecular formula is C34H52N2O. The van der Waals surface area contributed by atoms with Gasteiger partial charge in [-0.25, -0.2) is 0 Å². The summed E-state index contributed by atoms with van der Waals surface area (Å²) in [5.74, 6) is 0.420. The summed E-state index contributed by atoms with van der Waals surface area (Å²) >= 11 is 0. The van der Waals surface area contributed by atoms with Crippen molar-refractivity contribution in [1.29, 1.82) is 0 Å². The largest absolute Gasteiger partial charge is 0.296 e. The Kier molecular flexibility index (Phi) is 11.4. The van der Waals surface area contributed by atoms with Gasteiger partial charge >= 0.3 is 0 Å². The maximum atomic E-state index is 6.77. The highest BCUT2D eigenvalue weighted by atomic mass is 16.7. The van der Waals surface area contributed by atoms with E-state index < -0.39 is 0 Å². The van der Waals surface area contributed by atoms with Crippen molar-refractivity contribution in [1.82, 2.24) is 9.96 Å². The Morgan fingerprint density at radius 3 is 2.14 bits per heavy atom. The summed E-state index contributed by atoms with van der Waals surface area (Å²) in [5, 5.41) is 2.23. The van der Waals surface area contributed by atoms with Crippen molar-refractivity contribution >= 4 is 0 Å². The molecule has 0 amide bonds. The molecule has 1 fully saturated rings. The highest BCUT2D eigenvalue weighted by Gasteiger charge is 2.34. The van der Waals surface area contributed by atoms with E-state index in [1.807, 2.05) is 0 Å². The fraction of sp³-hybridized carbons (Fsp3) is 0.588. The first kappa shape index (κ1) is 29.6. The van der Waals surface area contributed by atoms with Gasteiger partial charge in [0.25, 0.3) is 0 Å². The lowest BCUT2D eigenvalue weighted by Gasteiger charge is -2.44. The molecule has 0 spiro atoms. The lowest BCUT2D eigenvalue weighted by molar-refractivity contribution is -0.272. The molecule has 1 aliphatic rings. The van der Waals surface area contributed by atoms with Crippen molar-refractivity contribution in [3.63, 3.8) is 0 Å². The van der Waals surface area contributed by atoms with E-state index in [4.69, 9.17) is 4.84 Å². The van der Waals surface area contributed by atoms with Gasteiger partial charge in [0.05, 0.1) is 6.04 Å². The molecule has 204 valence electrons. The third-order valence-electron chi connectivity index (χ3n) is 7.74. The van der Waals surface area contributed by atoms with Crippen LogP contribution in [0.3, 0.4) is 0 Å². The Morgan fingerprint density at radius 2 is 1.57 bits per heavy atom. The Morgan fingerprint density at radius 1 is 0.919 bits per heavy atom. The molecule has 0 heterocycles. The molecule has 0 aliphatic heterocycles. The Hall–Kier alpha value is -1.94. The average molecular weight is 505 g/mol. The molecule has 0 N–H and O–H groups in total. The summed E-state index contributed by atoms with van der Waals surface area (Å²) in [6.45, 7) is 19.6. The predicted molar refractivity (Wildman–Crippen MR) is 158 cm³/mol. The van der Waals surface area contributed by atoms with Crippen LogP contribution < -0.4 is 0 Å². The minimum absolute atomic E-state index is 0.0275. The van der Waals surface area contributed by atoms with Gasteiger partial charge in [-0.05, 0) is 82.5 Å². The van der Waals surface area contributed by atoms with Gasteiger partial charge < -0.3 is 0 Å². The molecule has 2 aromatic rings.